The smallest absolute Gasteiger partial charge is 0.409 e. The summed E-state index contributed by atoms with van der Waals surface area (Å²) in [5.74, 6) is 1.56. The fourth-order valence-electron chi connectivity index (χ4n) is 4.12. The second-order valence-corrected chi connectivity index (χ2v) is 9.67. The van der Waals surface area contributed by atoms with E-state index in [1.165, 1.54) is 31.0 Å². The minimum absolute atomic E-state index is 0.0212. The van der Waals surface area contributed by atoms with Crippen molar-refractivity contribution in [1.82, 2.24) is 19.8 Å². The Morgan fingerprint density at radius 2 is 1.65 bits per heavy atom. The first kappa shape index (κ1) is 24.6. The molecule has 0 spiro atoms. The molecular weight excluding hydrogens is 474 g/mol. The van der Waals surface area contributed by atoms with Crippen LogP contribution in [-0.4, -0.2) is 77.6 Å². The Morgan fingerprint density at radius 3 is 2.32 bits per heavy atom. The van der Waals surface area contributed by atoms with Crippen LogP contribution < -0.4 is 4.90 Å². The fraction of sp³-hybridized carbons (Fsp3) is 0.500. The molecule has 0 aliphatic carbocycles. The van der Waals surface area contributed by atoms with Crippen molar-refractivity contribution in [2.24, 2.45) is 0 Å². The minimum Gasteiger partial charge on any atom is -0.450 e. The molecule has 3 heterocycles. The number of piperazine rings is 1. The van der Waals surface area contributed by atoms with Crippen molar-refractivity contribution in [2.45, 2.75) is 37.1 Å². The number of piperidine rings is 1. The normalized spacial score (nSPS) is 16.5. The Labute approximate surface area is 209 Å². The maximum absolute atomic E-state index is 12.9. The van der Waals surface area contributed by atoms with E-state index in [2.05, 4.69) is 9.88 Å². The summed E-state index contributed by atoms with van der Waals surface area (Å²) in [4.78, 5) is 39.5. The van der Waals surface area contributed by atoms with Gasteiger partial charge >= 0.3 is 6.09 Å². The zero-order valence-electron chi connectivity index (χ0n) is 19.4. The molecule has 1 aromatic carbocycles. The molecule has 182 valence electrons. The molecule has 2 fully saturated rings. The van der Waals surface area contributed by atoms with Gasteiger partial charge in [0, 0.05) is 56.7 Å². The third-order valence-electron chi connectivity index (χ3n) is 6.00. The Kier molecular flexibility index (Phi) is 8.50. The van der Waals surface area contributed by atoms with E-state index < -0.39 is 0 Å². The summed E-state index contributed by atoms with van der Waals surface area (Å²) in [6.45, 7) is 6.12. The summed E-state index contributed by atoms with van der Waals surface area (Å²) in [5.41, 5.74) is 1.72. The quantitative estimate of drug-likeness (QED) is 0.330. The highest BCUT2D eigenvalue weighted by molar-refractivity contribution is 7.98. The zero-order chi connectivity index (χ0) is 23.9. The highest BCUT2D eigenvalue weighted by Crippen LogP contribution is 2.26. The molecule has 4 rings (SSSR count). The number of aromatic nitrogens is 2. The van der Waals surface area contributed by atoms with Crippen LogP contribution >= 0.6 is 23.4 Å². The molecule has 2 aliphatic heterocycles. The molecular formula is C24H30ClN5O3S. The molecule has 0 radical (unpaired) electrons. The van der Waals surface area contributed by atoms with Gasteiger partial charge in [0.2, 0.25) is 0 Å². The number of rotatable bonds is 6. The summed E-state index contributed by atoms with van der Waals surface area (Å²) < 4.78 is 5.04. The van der Waals surface area contributed by atoms with E-state index in [1.54, 1.807) is 16.7 Å². The fourth-order valence-corrected chi connectivity index (χ4v) is 5.15. The van der Waals surface area contributed by atoms with Gasteiger partial charge in [0.25, 0.3) is 5.91 Å². The van der Waals surface area contributed by atoms with E-state index >= 15 is 0 Å². The molecule has 0 unspecified atom stereocenters. The monoisotopic (exact) mass is 503 g/mol. The first-order valence-corrected chi connectivity index (χ1v) is 13.1. The highest BCUT2D eigenvalue weighted by atomic mass is 35.5. The van der Waals surface area contributed by atoms with Crippen LogP contribution in [-0.2, 0) is 10.5 Å². The predicted molar refractivity (Wildman–Crippen MR) is 134 cm³/mol. The molecule has 0 N–H and O–H groups in total. The second kappa shape index (κ2) is 11.8. The summed E-state index contributed by atoms with van der Waals surface area (Å²) in [6.07, 6.45) is 3.30. The van der Waals surface area contributed by atoms with Crippen molar-refractivity contribution in [1.29, 1.82) is 0 Å². The number of carbonyl (C=O) groups excluding carboxylic acids is 2. The lowest BCUT2D eigenvalue weighted by molar-refractivity contribution is 0.0570. The largest absolute Gasteiger partial charge is 0.450 e. The molecule has 0 bridgehead atoms. The van der Waals surface area contributed by atoms with Crippen LogP contribution in [0.1, 0.15) is 42.1 Å². The van der Waals surface area contributed by atoms with Crippen LogP contribution in [0.4, 0.5) is 10.6 Å². The minimum atomic E-state index is -0.316. The van der Waals surface area contributed by atoms with E-state index in [-0.39, 0.29) is 12.0 Å². The number of anilines is 1. The van der Waals surface area contributed by atoms with E-state index in [4.69, 9.17) is 21.3 Å². The number of thioether (sulfide) groups is 1. The standard InChI is InChI=1S/C24H30ClN5O3S/c1-2-33-24(32)30-14-12-29(13-15-30)22(31)19-8-6-18(7-9-19)17-34-23-26-20(25)16-21(27-23)28-10-4-3-5-11-28/h6-9,16H,2-5,10-15,17H2,1H3. The number of nitrogens with zero attached hydrogens (tertiary/aromatic N) is 5. The Hall–Kier alpha value is -2.52. The van der Waals surface area contributed by atoms with Crippen LogP contribution in [0.5, 0.6) is 0 Å². The van der Waals surface area contributed by atoms with Crippen LogP contribution in [0.15, 0.2) is 35.5 Å². The van der Waals surface area contributed by atoms with Gasteiger partial charge in [0.1, 0.15) is 11.0 Å². The lowest BCUT2D eigenvalue weighted by atomic mass is 10.1. The highest BCUT2D eigenvalue weighted by Gasteiger charge is 2.25. The van der Waals surface area contributed by atoms with Gasteiger partial charge in [-0.1, -0.05) is 35.5 Å². The number of hydrogen-bond donors (Lipinski definition) is 0. The molecule has 2 aromatic rings. The van der Waals surface area contributed by atoms with Gasteiger partial charge in [0.05, 0.1) is 6.61 Å². The van der Waals surface area contributed by atoms with Crippen LogP contribution in [0.25, 0.3) is 0 Å². The molecule has 1 aromatic heterocycles. The molecule has 8 nitrogen and oxygen atoms in total. The average Bonchev–Trinajstić information content (AvgIpc) is 2.88. The summed E-state index contributed by atoms with van der Waals surface area (Å²) in [5, 5.41) is 1.12. The lowest BCUT2D eigenvalue weighted by Gasteiger charge is -2.34. The zero-order valence-corrected chi connectivity index (χ0v) is 21.0. The SMILES string of the molecule is CCOC(=O)N1CCN(C(=O)c2ccc(CSc3nc(Cl)cc(N4CCCCC4)n3)cc2)CC1. The summed E-state index contributed by atoms with van der Waals surface area (Å²) in [7, 11) is 0. The van der Waals surface area contributed by atoms with Gasteiger partial charge in [-0.3, -0.25) is 4.79 Å². The van der Waals surface area contributed by atoms with Crippen LogP contribution in [0, 0.1) is 0 Å². The third kappa shape index (κ3) is 6.33. The Bertz CT molecular complexity index is 993. The van der Waals surface area contributed by atoms with Gasteiger partial charge in [0.15, 0.2) is 5.16 Å². The van der Waals surface area contributed by atoms with Gasteiger partial charge in [-0.25, -0.2) is 14.8 Å². The Morgan fingerprint density at radius 1 is 0.971 bits per heavy atom. The van der Waals surface area contributed by atoms with Crippen molar-refractivity contribution >= 4 is 41.2 Å². The van der Waals surface area contributed by atoms with E-state index in [0.29, 0.717) is 54.4 Å². The van der Waals surface area contributed by atoms with Crippen LogP contribution in [0.3, 0.4) is 0 Å². The average molecular weight is 504 g/mol. The van der Waals surface area contributed by atoms with Gasteiger partial charge in [-0.2, -0.15) is 0 Å². The van der Waals surface area contributed by atoms with Gasteiger partial charge < -0.3 is 19.4 Å². The number of halogens is 1. The number of amides is 2. The van der Waals surface area contributed by atoms with Crippen molar-refractivity contribution in [3.63, 3.8) is 0 Å². The lowest BCUT2D eigenvalue weighted by Crippen LogP contribution is -2.50. The number of ether oxygens (including phenoxy) is 1. The number of carbonyl (C=O) groups is 2. The Balaban J connectivity index is 1.31. The molecule has 10 heteroatoms. The first-order valence-electron chi connectivity index (χ1n) is 11.8. The number of benzene rings is 1. The van der Waals surface area contributed by atoms with Gasteiger partial charge in [-0.05, 0) is 43.9 Å². The molecule has 2 saturated heterocycles. The number of hydrogen-bond acceptors (Lipinski definition) is 7. The van der Waals surface area contributed by atoms with E-state index in [0.717, 1.165) is 24.5 Å². The second-order valence-electron chi connectivity index (χ2n) is 8.34. The summed E-state index contributed by atoms with van der Waals surface area (Å²) in [6, 6.07) is 9.47. The van der Waals surface area contributed by atoms with Crippen molar-refractivity contribution in [2.75, 3.05) is 50.8 Å². The van der Waals surface area contributed by atoms with Crippen molar-refractivity contribution in [3.8, 4) is 0 Å². The summed E-state index contributed by atoms with van der Waals surface area (Å²) >= 11 is 7.80. The maximum Gasteiger partial charge on any atom is 0.409 e. The first-order chi connectivity index (χ1) is 16.5. The molecule has 34 heavy (non-hydrogen) atoms. The van der Waals surface area contributed by atoms with Crippen LogP contribution in [0.2, 0.25) is 5.15 Å². The predicted octanol–water partition coefficient (Wildman–Crippen LogP) is 4.33. The topological polar surface area (TPSA) is 78.9 Å². The maximum atomic E-state index is 12.9. The van der Waals surface area contributed by atoms with E-state index in [9.17, 15) is 9.59 Å². The molecule has 0 atom stereocenters. The molecule has 0 saturated carbocycles. The molecule has 2 aliphatic rings. The molecule has 2 amide bonds. The van der Waals surface area contributed by atoms with Crippen molar-refractivity contribution in [3.05, 3.63) is 46.6 Å². The van der Waals surface area contributed by atoms with E-state index in [1.807, 2.05) is 30.3 Å². The van der Waals surface area contributed by atoms with Crippen molar-refractivity contribution < 1.29 is 14.3 Å². The van der Waals surface area contributed by atoms with Gasteiger partial charge in [-0.15, -0.1) is 0 Å². The third-order valence-corrected chi connectivity index (χ3v) is 7.11.